The van der Waals surface area contributed by atoms with Crippen molar-refractivity contribution >= 4 is 145 Å². The Morgan fingerprint density at radius 2 is 1.24 bits per heavy atom. The van der Waals surface area contributed by atoms with Crippen molar-refractivity contribution in [1.29, 1.82) is 0 Å². The van der Waals surface area contributed by atoms with Gasteiger partial charge in [0.15, 0.2) is 10.1 Å². The van der Waals surface area contributed by atoms with Gasteiger partial charge in [0.25, 0.3) is 17.7 Å². The Morgan fingerprint density at radius 3 is 1.78 bits per heavy atom. The molecule has 4 atom stereocenters. The maximum Gasteiger partial charge on any atom is 0.345 e. The van der Waals surface area contributed by atoms with Crippen molar-refractivity contribution in [3.63, 3.8) is 0 Å². The number of carbonyl (C=O) groups excluding carboxylic acids is 5. The van der Waals surface area contributed by atoms with E-state index in [0.29, 0.717) is 15.0 Å². The first-order valence-corrected chi connectivity index (χ1v) is 17.4. The average molecular weight is 865 g/mol. The lowest BCUT2D eigenvalue weighted by Crippen LogP contribution is -2.56. The van der Waals surface area contributed by atoms with E-state index >= 15 is 0 Å². The highest BCUT2D eigenvalue weighted by Gasteiger charge is 2.88. The molecule has 2 fully saturated rings. The van der Waals surface area contributed by atoms with E-state index in [9.17, 15) is 24.0 Å². The number of amides is 3. The topological polar surface area (TPSA) is 101 Å². The van der Waals surface area contributed by atoms with Gasteiger partial charge in [-0.3, -0.25) is 19.2 Å². The number of rotatable bonds is 7. The van der Waals surface area contributed by atoms with E-state index in [4.69, 9.17) is 121 Å². The standard InChI is InChI=1S/C31H14Cl10N2O6/c32-14-4-7-16(18(34)10-14)28(48)49-15-5-1-12(2-6-15)20(44)11-42(25(45)13-3-8-17(33)19(35)9-13)43-26(46)21-22(27(43)47)30(39)24(37)23(36)29(21,38)31(30,40)41/h1-10,21-22H,11H2/t21-,22-,29-,30-/m1/s1. The summed E-state index contributed by atoms with van der Waals surface area (Å²) in [6.07, 6.45) is 0. The molecule has 3 aliphatic rings. The fourth-order valence-corrected chi connectivity index (χ4v) is 9.70. The number of hydrazine groups is 1. The van der Waals surface area contributed by atoms with E-state index in [0.717, 1.165) is 0 Å². The largest absolute Gasteiger partial charge is 0.423 e. The second kappa shape index (κ2) is 12.9. The minimum absolute atomic E-state index is 0.00605. The zero-order valence-corrected chi connectivity index (χ0v) is 31.3. The maximum absolute atomic E-state index is 14.1. The summed E-state index contributed by atoms with van der Waals surface area (Å²) < 4.78 is 3.13. The minimum Gasteiger partial charge on any atom is -0.423 e. The van der Waals surface area contributed by atoms with Crippen molar-refractivity contribution in [2.75, 3.05) is 6.54 Å². The molecule has 6 rings (SSSR count). The highest BCUT2D eigenvalue weighted by atomic mass is 35.5. The number of benzene rings is 3. The number of halogens is 10. The van der Waals surface area contributed by atoms with Gasteiger partial charge in [-0.1, -0.05) is 92.8 Å². The molecule has 2 bridgehead atoms. The van der Waals surface area contributed by atoms with Crippen LogP contribution in [0.1, 0.15) is 31.1 Å². The average Bonchev–Trinajstić information content (AvgIpc) is 3.43. The summed E-state index contributed by atoms with van der Waals surface area (Å²) in [4.78, 5) is 64.2. The summed E-state index contributed by atoms with van der Waals surface area (Å²) in [6.45, 7) is -0.859. The van der Waals surface area contributed by atoms with Crippen molar-refractivity contribution in [3.8, 4) is 5.75 Å². The number of imide groups is 1. The summed E-state index contributed by atoms with van der Waals surface area (Å²) in [5.41, 5.74) is -0.0754. The van der Waals surface area contributed by atoms with E-state index in [2.05, 4.69) is 0 Å². The first-order valence-electron chi connectivity index (χ1n) is 13.6. The fourth-order valence-electron chi connectivity index (χ4n) is 5.98. The molecule has 0 N–H and O–H groups in total. The number of alkyl halides is 4. The normalized spacial score (nSPS) is 25.1. The van der Waals surface area contributed by atoms with Crippen molar-refractivity contribution in [1.82, 2.24) is 10.0 Å². The van der Waals surface area contributed by atoms with Crippen molar-refractivity contribution in [2.24, 2.45) is 11.8 Å². The first kappa shape index (κ1) is 36.8. The molecule has 49 heavy (non-hydrogen) atoms. The van der Waals surface area contributed by atoms with Crippen LogP contribution in [0.2, 0.25) is 20.1 Å². The van der Waals surface area contributed by atoms with Gasteiger partial charge >= 0.3 is 5.97 Å². The molecule has 0 aromatic heterocycles. The van der Waals surface area contributed by atoms with Crippen LogP contribution in [0.25, 0.3) is 0 Å². The Kier molecular flexibility index (Phi) is 9.71. The molecular weight excluding hydrogens is 851 g/mol. The molecule has 3 amide bonds. The predicted molar refractivity (Wildman–Crippen MR) is 189 cm³/mol. The Balaban J connectivity index is 1.32. The lowest BCUT2D eigenvalue weighted by molar-refractivity contribution is -0.154. The summed E-state index contributed by atoms with van der Waals surface area (Å²) >= 11 is 63.8. The highest BCUT2D eigenvalue weighted by Crippen LogP contribution is 2.77. The zero-order chi connectivity index (χ0) is 36.0. The number of allylic oxidation sites excluding steroid dienone is 2. The van der Waals surface area contributed by atoms with Crippen LogP contribution < -0.4 is 4.74 Å². The third kappa shape index (κ3) is 5.45. The van der Waals surface area contributed by atoms with Gasteiger partial charge in [0.05, 0.1) is 42.5 Å². The van der Waals surface area contributed by atoms with Gasteiger partial charge in [0, 0.05) is 16.1 Å². The molecule has 1 saturated carbocycles. The number of nitrogens with zero attached hydrogens (tertiary/aromatic N) is 2. The number of fused-ring (bicyclic) bond motifs is 5. The molecule has 0 radical (unpaired) electrons. The number of ketones is 1. The molecule has 2 aliphatic carbocycles. The van der Waals surface area contributed by atoms with E-state index < -0.39 is 61.9 Å². The third-order valence-electron chi connectivity index (χ3n) is 8.36. The number of ether oxygens (including phenoxy) is 1. The molecule has 1 aliphatic heterocycles. The molecule has 1 saturated heterocycles. The van der Waals surface area contributed by atoms with Crippen LogP contribution in [0.4, 0.5) is 0 Å². The third-order valence-corrected chi connectivity index (χ3v) is 13.9. The van der Waals surface area contributed by atoms with Gasteiger partial charge in [0.2, 0.25) is 0 Å². The smallest absolute Gasteiger partial charge is 0.345 e. The number of esters is 1. The second-order valence-corrected chi connectivity index (χ2v) is 16.0. The lowest BCUT2D eigenvalue weighted by atomic mass is 9.84. The van der Waals surface area contributed by atoms with Crippen LogP contribution in [-0.4, -0.2) is 60.1 Å². The van der Waals surface area contributed by atoms with Gasteiger partial charge in [0.1, 0.15) is 22.0 Å². The van der Waals surface area contributed by atoms with Crippen molar-refractivity contribution in [3.05, 3.63) is 108 Å². The van der Waals surface area contributed by atoms with Gasteiger partial charge < -0.3 is 4.74 Å². The van der Waals surface area contributed by atoms with Crippen LogP contribution >= 0.6 is 116 Å². The molecule has 8 nitrogen and oxygen atoms in total. The SMILES string of the molecule is O=C(CN(C(=O)c1ccc(Cl)c(Cl)c1)N1C(=O)[C@H]2[C@H](C1=O)[C@@]1(Cl)C(Cl)=C(Cl)[C@@]2(Cl)C1(Cl)Cl)c1ccc(OC(=O)c2ccc(Cl)cc2Cl)cc1. The van der Waals surface area contributed by atoms with Gasteiger partial charge in [-0.05, 0) is 60.7 Å². The fraction of sp³-hybridized carbons (Fsp3) is 0.194. The van der Waals surface area contributed by atoms with Crippen molar-refractivity contribution < 1.29 is 28.7 Å². The maximum atomic E-state index is 14.1. The molecular formula is C31H14Cl10N2O6. The Morgan fingerprint density at radius 1 is 0.694 bits per heavy atom. The number of carbonyl (C=O) groups is 5. The summed E-state index contributed by atoms with van der Waals surface area (Å²) in [5, 5.41) is 0.896. The van der Waals surface area contributed by atoms with E-state index in [1.165, 1.54) is 60.7 Å². The van der Waals surface area contributed by atoms with E-state index in [-0.39, 0.29) is 47.6 Å². The molecule has 0 spiro atoms. The van der Waals surface area contributed by atoms with E-state index in [1.807, 2.05) is 0 Å². The van der Waals surface area contributed by atoms with Crippen LogP contribution in [0, 0.1) is 11.8 Å². The monoisotopic (exact) mass is 860 g/mol. The quantitative estimate of drug-likeness (QED) is 0.0773. The first-order chi connectivity index (χ1) is 22.9. The molecule has 3 aromatic rings. The zero-order valence-electron chi connectivity index (χ0n) is 23.8. The van der Waals surface area contributed by atoms with Gasteiger partial charge in [-0.2, -0.15) is 5.01 Å². The van der Waals surface area contributed by atoms with E-state index in [1.54, 1.807) is 0 Å². The predicted octanol–water partition coefficient (Wildman–Crippen LogP) is 9.21. The number of hydrogen-bond acceptors (Lipinski definition) is 6. The summed E-state index contributed by atoms with van der Waals surface area (Å²) in [5.74, 6) is -7.76. The molecule has 1 heterocycles. The van der Waals surface area contributed by atoms with Crippen LogP contribution in [0.3, 0.4) is 0 Å². The summed E-state index contributed by atoms with van der Waals surface area (Å²) in [6, 6.07) is 13.3. The van der Waals surface area contributed by atoms with Gasteiger partial charge in [-0.15, -0.1) is 23.2 Å². The molecule has 3 aromatic carbocycles. The molecule has 18 heteroatoms. The van der Waals surface area contributed by atoms with Crippen LogP contribution in [-0.2, 0) is 9.59 Å². The number of hydrogen-bond donors (Lipinski definition) is 0. The van der Waals surface area contributed by atoms with Gasteiger partial charge in [-0.25, -0.2) is 9.80 Å². The molecule has 0 unspecified atom stereocenters. The summed E-state index contributed by atoms with van der Waals surface area (Å²) in [7, 11) is 0. The Labute approximate surface area is 327 Å². The highest BCUT2D eigenvalue weighted by molar-refractivity contribution is 6.67. The van der Waals surface area contributed by atoms with Crippen LogP contribution in [0.15, 0.2) is 70.7 Å². The number of Topliss-reactive ketones (excluding diaryl/α,β-unsaturated/α-hetero) is 1. The minimum atomic E-state index is -2.22. The lowest BCUT2D eigenvalue weighted by Gasteiger charge is -2.36. The Hall–Kier alpha value is -1.95. The van der Waals surface area contributed by atoms with Crippen LogP contribution in [0.5, 0.6) is 5.75 Å². The molecule has 254 valence electrons. The van der Waals surface area contributed by atoms with Crippen molar-refractivity contribution in [2.45, 2.75) is 14.1 Å². The Bertz CT molecular complexity index is 1990. The second-order valence-electron chi connectivity index (χ2n) is 11.0.